The van der Waals surface area contributed by atoms with Crippen LogP contribution in [0.5, 0.6) is 0 Å². The van der Waals surface area contributed by atoms with E-state index in [0.717, 1.165) is 6.07 Å². The number of carbonyl (C=O) groups is 1. The predicted molar refractivity (Wildman–Crippen MR) is 56.1 cm³/mol. The van der Waals surface area contributed by atoms with Crippen molar-refractivity contribution < 1.29 is 18.5 Å². The van der Waals surface area contributed by atoms with E-state index < -0.39 is 23.3 Å². The van der Waals surface area contributed by atoms with Crippen molar-refractivity contribution in [3.05, 3.63) is 39.9 Å². The van der Waals surface area contributed by atoms with Gasteiger partial charge in [0.05, 0.1) is 11.5 Å². The Morgan fingerprint density at radius 3 is 2.71 bits per heavy atom. The van der Waals surface area contributed by atoms with Gasteiger partial charge in [0, 0.05) is 24.6 Å². The van der Waals surface area contributed by atoms with Crippen LogP contribution in [-0.2, 0) is 0 Å². The van der Waals surface area contributed by atoms with Gasteiger partial charge in [-0.2, -0.15) is 0 Å². The summed E-state index contributed by atoms with van der Waals surface area (Å²) in [4.78, 5) is 21.2. The summed E-state index contributed by atoms with van der Waals surface area (Å²) in [6.45, 7) is -0.144. The minimum Gasteiger partial charge on any atom is -0.346 e. The molecule has 0 unspecified atom stereocenters. The maximum Gasteiger partial charge on any atom is 0.270 e. The smallest absolute Gasteiger partial charge is 0.270 e. The first-order valence-corrected chi connectivity index (χ1v) is 4.70. The van der Waals surface area contributed by atoms with Crippen LogP contribution < -0.4 is 5.32 Å². The van der Waals surface area contributed by atoms with E-state index in [1.807, 2.05) is 5.32 Å². The highest BCUT2D eigenvalue weighted by molar-refractivity contribution is 5.94. The summed E-state index contributed by atoms with van der Waals surface area (Å²) in [5.41, 5.74) is -0.288. The molecule has 17 heavy (non-hydrogen) atoms. The Morgan fingerprint density at radius 1 is 1.53 bits per heavy atom. The summed E-state index contributed by atoms with van der Waals surface area (Å²) in [6.07, 6.45) is 0. The third kappa shape index (κ3) is 4.13. The van der Waals surface area contributed by atoms with E-state index in [9.17, 15) is 23.7 Å². The highest BCUT2D eigenvalue weighted by Gasteiger charge is 2.22. The van der Waals surface area contributed by atoms with Gasteiger partial charge in [-0.3, -0.25) is 14.9 Å². The maximum atomic E-state index is 12.5. The third-order valence-electron chi connectivity index (χ3n) is 1.88. The maximum absolute atomic E-state index is 12.5. The van der Waals surface area contributed by atoms with Crippen LogP contribution in [-0.4, -0.2) is 23.3 Å². The molecule has 0 aliphatic heterocycles. The molecule has 1 amide bonds. The lowest BCUT2D eigenvalue weighted by atomic mass is 10.2. The molecule has 1 aromatic carbocycles. The van der Waals surface area contributed by atoms with Crippen molar-refractivity contribution in [3.63, 3.8) is 0 Å². The van der Waals surface area contributed by atoms with E-state index >= 15 is 0 Å². The average Bonchev–Trinajstić information content (AvgIpc) is 2.25. The van der Waals surface area contributed by atoms with E-state index in [1.54, 1.807) is 0 Å². The van der Waals surface area contributed by atoms with Gasteiger partial charge in [-0.15, -0.1) is 0 Å². The van der Waals surface area contributed by atoms with Gasteiger partial charge in [0.2, 0.25) is 0 Å². The van der Waals surface area contributed by atoms with Gasteiger partial charge in [-0.25, -0.2) is 8.78 Å². The number of non-ortho nitro benzene ring substituents is 1. The number of rotatable bonds is 4. The molecule has 0 radical (unpaired) electrons. The molecule has 0 aromatic heterocycles. The first-order valence-electron chi connectivity index (χ1n) is 4.70. The molecule has 1 N–H and O–H groups in total. The van der Waals surface area contributed by atoms with E-state index in [0.29, 0.717) is 6.92 Å². The molecular formula is C10H10F2N2O3. The number of halogens is 2. The highest BCUT2D eigenvalue weighted by atomic mass is 19.3. The molecule has 0 heterocycles. The van der Waals surface area contributed by atoms with Crippen molar-refractivity contribution in [1.29, 1.82) is 0 Å². The molecule has 7 heteroatoms. The Hall–Kier alpha value is -2.05. The van der Waals surface area contributed by atoms with Gasteiger partial charge >= 0.3 is 0 Å². The van der Waals surface area contributed by atoms with Crippen molar-refractivity contribution in [2.45, 2.75) is 12.8 Å². The van der Waals surface area contributed by atoms with E-state index in [-0.39, 0.29) is 11.3 Å². The lowest BCUT2D eigenvalue weighted by Gasteiger charge is -2.11. The van der Waals surface area contributed by atoms with Crippen LogP contribution in [0.1, 0.15) is 17.3 Å². The van der Waals surface area contributed by atoms with Crippen molar-refractivity contribution in [1.82, 2.24) is 5.32 Å². The number of carbonyl (C=O) groups excluding carboxylic acids is 1. The second-order valence-electron chi connectivity index (χ2n) is 3.56. The number of nitro groups is 1. The number of nitrogens with one attached hydrogen (secondary N) is 1. The molecule has 1 rings (SSSR count). The first-order chi connectivity index (χ1) is 7.79. The molecule has 0 fully saturated rings. The van der Waals surface area contributed by atoms with Crippen LogP contribution in [0, 0.1) is 10.1 Å². The predicted octanol–water partition coefficient (Wildman–Crippen LogP) is 1.98. The minimum atomic E-state index is -3.02. The molecule has 92 valence electrons. The average molecular weight is 244 g/mol. The van der Waals surface area contributed by atoms with Gasteiger partial charge in [-0.1, -0.05) is 6.07 Å². The third-order valence-corrected chi connectivity index (χ3v) is 1.88. The molecule has 0 aliphatic carbocycles. The lowest BCUT2D eigenvalue weighted by Crippen LogP contribution is -2.34. The molecule has 5 nitrogen and oxygen atoms in total. The summed E-state index contributed by atoms with van der Waals surface area (Å²) in [7, 11) is 0. The van der Waals surface area contributed by atoms with Gasteiger partial charge in [-0.05, 0) is 6.07 Å². The van der Waals surface area contributed by atoms with Crippen molar-refractivity contribution >= 4 is 11.6 Å². The van der Waals surface area contributed by atoms with E-state index in [4.69, 9.17) is 0 Å². The van der Waals surface area contributed by atoms with Crippen molar-refractivity contribution in [2.24, 2.45) is 0 Å². The molecular weight excluding hydrogens is 234 g/mol. The number of hydrogen-bond donors (Lipinski definition) is 1. The molecule has 0 saturated carbocycles. The monoisotopic (exact) mass is 244 g/mol. The quantitative estimate of drug-likeness (QED) is 0.650. The normalized spacial score (nSPS) is 11.0. The minimum absolute atomic E-state index is 0.0246. The topological polar surface area (TPSA) is 72.2 Å². The summed E-state index contributed by atoms with van der Waals surface area (Å²) in [5, 5.41) is 12.4. The van der Waals surface area contributed by atoms with Crippen LogP contribution in [0.25, 0.3) is 0 Å². The number of hydrogen-bond acceptors (Lipinski definition) is 3. The number of alkyl halides is 2. The van der Waals surface area contributed by atoms with Crippen LogP contribution in [0.2, 0.25) is 0 Å². The van der Waals surface area contributed by atoms with Crippen molar-refractivity contribution in [2.75, 3.05) is 6.54 Å². The molecule has 0 aliphatic rings. The fourth-order valence-corrected chi connectivity index (χ4v) is 1.10. The lowest BCUT2D eigenvalue weighted by molar-refractivity contribution is -0.384. The fraction of sp³-hybridized carbons (Fsp3) is 0.300. The Labute approximate surface area is 95.6 Å². The zero-order valence-electron chi connectivity index (χ0n) is 8.94. The standard InChI is InChI=1S/C10H10F2N2O3/c1-10(11,12)6-13-9(15)7-3-2-4-8(5-7)14(16)17/h2-5H,6H2,1H3,(H,13,15). The van der Waals surface area contributed by atoms with E-state index in [1.165, 1.54) is 18.2 Å². The zero-order valence-corrected chi connectivity index (χ0v) is 8.94. The van der Waals surface area contributed by atoms with Gasteiger partial charge in [0.25, 0.3) is 17.5 Å². The summed E-state index contributed by atoms with van der Waals surface area (Å²) < 4.78 is 25.0. The first kappa shape index (κ1) is 13.0. The molecule has 0 spiro atoms. The number of nitro benzene ring substituents is 1. The Balaban J connectivity index is 2.76. The second kappa shape index (κ2) is 4.86. The molecule has 0 bridgehead atoms. The van der Waals surface area contributed by atoms with Crippen LogP contribution >= 0.6 is 0 Å². The Bertz CT molecular complexity index is 443. The van der Waals surface area contributed by atoms with Crippen LogP contribution in [0.3, 0.4) is 0 Å². The van der Waals surface area contributed by atoms with Crippen molar-refractivity contribution in [3.8, 4) is 0 Å². The van der Waals surface area contributed by atoms with Gasteiger partial charge < -0.3 is 5.32 Å². The fourth-order valence-electron chi connectivity index (χ4n) is 1.10. The second-order valence-corrected chi connectivity index (χ2v) is 3.56. The summed E-state index contributed by atoms with van der Waals surface area (Å²) >= 11 is 0. The highest BCUT2D eigenvalue weighted by Crippen LogP contribution is 2.14. The summed E-state index contributed by atoms with van der Waals surface area (Å²) in [5.74, 6) is -3.79. The molecule has 0 saturated heterocycles. The molecule has 0 atom stereocenters. The zero-order chi connectivity index (χ0) is 13.1. The number of amides is 1. The number of benzene rings is 1. The SMILES string of the molecule is CC(F)(F)CNC(=O)c1cccc([N+](=O)[O-])c1. The van der Waals surface area contributed by atoms with E-state index in [2.05, 4.69) is 0 Å². The van der Waals surface area contributed by atoms with Gasteiger partial charge in [0.15, 0.2) is 0 Å². The number of nitrogens with zero attached hydrogens (tertiary/aromatic N) is 1. The molecule has 1 aromatic rings. The van der Waals surface area contributed by atoms with Gasteiger partial charge in [0.1, 0.15) is 0 Å². The van der Waals surface area contributed by atoms with Crippen LogP contribution in [0.15, 0.2) is 24.3 Å². The Kier molecular flexibility index (Phi) is 3.72. The summed E-state index contributed by atoms with van der Waals surface area (Å²) in [6, 6.07) is 4.88. The largest absolute Gasteiger partial charge is 0.346 e. The van der Waals surface area contributed by atoms with Crippen LogP contribution in [0.4, 0.5) is 14.5 Å². The Morgan fingerprint density at radius 2 is 2.18 bits per heavy atom.